The number of hydrogen-bond donors (Lipinski definition) is 2. The van der Waals surface area contributed by atoms with Crippen molar-refractivity contribution >= 4 is 17.6 Å². The molecule has 2 heterocycles. The van der Waals surface area contributed by atoms with E-state index in [9.17, 15) is 0 Å². The Labute approximate surface area is 158 Å². The van der Waals surface area contributed by atoms with Gasteiger partial charge >= 0.3 is 0 Å². The van der Waals surface area contributed by atoms with Crippen molar-refractivity contribution in [2.24, 2.45) is 4.99 Å². The topological polar surface area (TPSA) is 67.1 Å². The average molecular weight is 369 g/mol. The average Bonchev–Trinajstić information content (AvgIpc) is 3.10. The van der Waals surface area contributed by atoms with E-state index >= 15 is 0 Å². The number of nitrogens with zero attached hydrogens (tertiary/aromatic N) is 4. The third-order valence-electron chi connectivity index (χ3n) is 3.94. The van der Waals surface area contributed by atoms with Crippen molar-refractivity contribution in [2.75, 3.05) is 7.05 Å². The number of rotatable bonds is 5. The lowest BCUT2D eigenvalue weighted by Crippen LogP contribution is -2.36. The summed E-state index contributed by atoms with van der Waals surface area (Å²) < 4.78 is 1.95. The quantitative estimate of drug-likeness (QED) is 0.536. The maximum Gasteiger partial charge on any atom is 0.191 e. The summed E-state index contributed by atoms with van der Waals surface area (Å²) in [5, 5.41) is 7.30. The van der Waals surface area contributed by atoms with Crippen LogP contribution in [0.1, 0.15) is 17.0 Å². The van der Waals surface area contributed by atoms with E-state index in [0.29, 0.717) is 13.1 Å². The molecule has 0 radical (unpaired) electrons. The fourth-order valence-electron chi connectivity index (χ4n) is 2.48. The van der Waals surface area contributed by atoms with Crippen molar-refractivity contribution in [2.45, 2.75) is 20.0 Å². The number of hydrogen-bond acceptors (Lipinski definition) is 3. The molecular formula is C19H21ClN6. The lowest BCUT2D eigenvalue weighted by atomic mass is 10.2. The predicted octanol–water partition coefficient (Wildman–Crippen LogP) is 3.09. The fraction of sp³-hybridized carbons (Fsp3) is 0.211. The van der Waals surface area contributed by atoms with Crippen molar-refractivity contribution in [3.63, 3.8) is 0 Å². The molecule has 26 heavy (non-hydrogen) atoms. The number of halogens is 1. The smallest absolute Gasteiger partial charge is 0.191 e. The second-order valence-electron chi connectivity index (χ2n) is 5.77. The van der Waals surface area contributed by atoms with Gasteiger partial charge < -0.3 is 10.6 Å². The second-order valence-corrected chi connectivity index (χ2v) is 6.21. The van der Waals surface area contributed by atoms with Crippen LogP contribution in [0.15, 0.2) is 60.0 Å². The van der Waals surface area contributed by atoms with E-state index in [-0.39, 0.29) is 0 Å². The van der Waals surface area contributed by atoms with Crippen LogP contribution in [0.4, 0.5) is 0 Å². The van der Waals surface area contributed by atoms with Crippen LogP contribution in [0.3, 0.4) is 0 Å². The molecular weight excluding hydrogens is 348 g/mol. The normalized spacial score (nSPS) is 11.4. The third-order valence-corrected chi connectivity index (χ3v) is 4.19. The van der Waals surface area contributed by atoms with Crippen LogP contribution in [0.25, 0.3) is 5.82 Å². The first-order valence-electron chi connectivity index (χ1n) is 8.30. The molecule has 0 aliphatic rings. The Morgan fingerprint density at radius 3 is 2.31 bits per heavy atom. The first-order valence-corrected chi connectivity index (χ1v) is 8.68. The Hall–Kier alpha value is -2.86. The zero-order chi connectivity index (χ0) is 18.4. The molecule has 0 fully saturated rings. The minimum atomic E-state index is 0.635. The Balaban J connectivity index is 1.53. The number of nitrogens with one attached hydrogen (secondary N) is 2. The van der Waals surface area contributed by atoms with Gasteiger partial charge in [0, 0.05) is 43.8 Å². The molecule has 134 valence electrons. The van der Waals surface area contributed by atoms with Crippen LogP contribution in [-0.4, -0.2) is 27.5 Å². The molecule has 3 rings (SSSR count). The van der Waals surface area contributed by atoms with Crippen molar-refractivity contribution < 1.29 is 0 Å². The van der Waals surface area contributed by atoms with Crippen molar-refractivity contribution in [1.82, 2.24) is 25.2 Å². The minimum absolute atomic E-state index is 0.635. The minimum Gasteiger partial charge on any atom is -0.352 e. The summed E-state index contributed by atoms with van der Waals surface area (Å²) in [6, 6.07) is 11.8. The Kier molecular flexibility index (Phi) is 5.86. The number of benzene rings is 1. The summed E-state index contributed by atoms with van der Waals surface area (Å²) in [5.41, 5.74) is 2.21. The first-order chi connectivity index (χ1) is 12.7. The van der Waals surface area contributed by atoms with Gasteiger partial charge in [-0.25, -0.2) is 9.97 Å². The first kappa shape index (κ1) is 17.9. The monoisotopic (exact) mass is 368 g/mol. The van der Waals surface area contributed by atoms with Crippen molar-refractivity contribution in [3.05, 3.63) is 77.0 Å². The van der Waals surface area contributed by atoms with E-state index in [4.69, 9.17) is 11.6 Å². The highest BCUT2D eigenvalue weighted by molar-refractivity contribution is 6.30. The summed E-state index contributed by atoms with van der Waals surface area (Å²) in [5.74, 6) is 2.50. The Bertz CT molecular complexity index is 868. The summed E-state index contributed by atoms with van der Waals surface area (Å²) >= 11 is 5.90. The SMILES string of the molecule is CN=C(NCc1ccc(Cl)cc1)NCc1ccc(-n2ccnc2C)nc1. The molecule has 6 nitrogen and oxygen atoms in total. The third kappa shape index (κ3) is 4.61. The maximum absolute atomic E-state index is 5.90. The zero-order valence-electron chi connectivity index (χ0n) is 14.8. The summed E-state index contributed by atoms with van der Waals surface area (Å²) in [7, 11) is 1.75. The molecule has 0 unspecified atom stereocenters. The Morgan fingerprint density at radius 2 is 1.73 bits per heavy atom. The number of aromatic nitrogens is 3. The van der Waals surface area contributed by atoms with E-state index in [1.54, 1.807) is 13.2 Å². The lowest BCUT2D eigenvalue weighted by Gasteiger charge is -2.12. The lowest BCUT2D eigenvalue weighted by molar-refractivity contribution is 0.805. The summed E-state index contributed by atoms with van der Waals surface area (Å²) in [6.07, 6.45) is 5.52. The van der Waals surface area contributed by atoms with Crippen LogP contribution in [0.2, 0.25) is 5.02 Å². The van der Waals surface area contributed by atoms with Gasteiger partial charge in [0.15, 0.2) is 5.96 Å². The van der Waals surface area contributed by atoms with Crippen LogP contribution < -0.4 is 10.6 Å². The van der Waals surface area contributed by atoms with E-state index in [2.05, 4.69) is 25.6 Å². The van der Waals surface area contributed by atoms with E-state index < -0.39 is 0 Å². The van der Waals surface area contributed by atoms with Crippen LogP contribution in [0.5, 0.6) is 0 Å². The molecule has 0 amide bonds. The molecule has 0 spiro atoms. The molecule has 0 aliphatic carbocycles. The number of aryl methyl sites for hydroxylation is 1. The molecule has 0 aliphatic heterocycles. The Morgan fingerprint density at radius 1 is 1.04 bits per heavy atom. The van der Waals surface area contributed by atoms with Gasteiger partial charge in [0.2, 0.25) is 0 Å². The summed E-state index contributed by atoms with van der Waals surface area (Å²) in [6.45, 7) is 3.26. The van der Waals surface area contributed by atoms with Gasteiger partial charge in [0.05, 0.1) is 0 Å². The molecule has 0 atom stereocenters. The second kappa shape index (κ2) is 8.49. The number of pyridine rings is 1. The predicted molar refractivity (Wildman–Crippen MR) is 105 cm³/mol. The van der Waals surface area contributed by atoms with E-state index in [1.807, 2.05) is 60.3 Å². The van der Waals surface area contributed by atoms with Crippen LogP contribution in [-0.2, 0) is 13.1 Å². The highest BCUT2D eigenvalue weighted by Gasteiger charge is 2.03. The van der Waals surface area contributed by atoms with E-state index in [1.165, 1.54) is 0 Å². The van der Waals surface area contributed by atoms with Gasteiger partial charge in [-0.05, 0) is 36.2 Å². The van der Waals surface area contributed by atoms with Crippen molar-refractivity contribution in [3.8, 4) is 5.82 Å². The van der Waals surface area contributed by atoms with Gasteiger partial charge in [-0.3, -0.25) is 9.56 Å². The zero-order valence-corrected chi connectivity index (χ0v) is 15.5. The fourth-order valence-corrected chi connectivity index (χ4v) is 2.60. The number of aliphatic imine (C=N–C) groups is 1. The number of guanidine groups is 1. The van der Waals surface area contributed by atoms with E-state index in [0.717, 1.165) is 33.8 Å². The van der Waals surface area contributed by atoms with Gasteiger partial charge in [-0.1, -0.05) is 29.8 Å². The molecule has 2 aromatic heterocycles. The van der Waals surface area contributed by atoms with Gasteiger partial charge in [0.25, 0.3) is 0 Å². The van der Waals surface area contributed by atoms with Gasteiger partial charge in [-0.2, -0.15) is 0 Å². The van der Waals surface area contributed by atoms with Crippen LogP contribution >= 0.6 is 11.6 Å². The molecule has 7 heteroatoms. The standard InChI is InChI=1S/C19H21ClN6/c1-14-22-9-10-26(14)18-8-5-16(12-23-18)13-25-19(21-2)24-11-15-3-6-17(20)7-4-15/h3-10,12H,11,13H2,1-2H3,(H2,21,24,25). The molecule has 0 bridgehead atoms. The highest BCUT2D eigenvalue weighted by Crippen LogP contribution is 2.10. The van der Waals surface area contributed by atoms with Crippen molar-refractivity contribution in [1.29, 1.82) is 0 Å². The molecule has 2 N–H and O–H groups in total. The maximum atomic E-state index is 5.90. The van der Waals surface area contributed by atoms with Gasteiger partial charge in [-0.15, -0.1) is 0 Å². The molecule has 0 saturated heterocycles. The molecule has 3 aromatic rings. The number of imidazole rings is 1. The van der Waals surface area contributed by atoms with Gasteiger partial charge in [0.1, 0.15) is 11.6 Å². The van der Waals surface area contributed by atoms with Crippen LogP contribution in [0, 0.1) is 6.92 Å². The summed E-state index contributed by atoms with van der Waals surface area (Å²) in [4.78, 5) is 13.0. The molecule has 1 aromatic carbocycles. The molecule has 0 saturated carbocycles. The largest absolute Gasteiger partial charge is 0.352 e. The highest BCUT2D eigenvalue weighted by atomic mass is 35.5.